The maximum Gasteiger partial charge on any atom is 0.144 e. The molecule has 0 unspecified atom stereocenters. The van der Waals surface area contributed by atoms with Gasteiger partial charge < -0.3 is 0 Å². The highest BCUT2D eigenvalue weighted by molar-refractivity contribution is 5.24. The molecule has 0 aromatic heterocycles. The zero-order valence-electron chi connectivity index (χ0n) is 9.40. The molecule has 2 nitrogen and oxygen atoms in total. The fourth-order valence-corrected chi connectivity index (χ4v) is 1.55. The molecule has 0 aliphatic heterocycles. The van der Waals surface area contributed by atoms with Crippen molar-refractivity contribution in [2.75, 3.05) is 0 Å². The molecule has 0 fully saturated rings. The Bertz CT molecular complexity index is 432. The van der Waals surface area contributed by atoms with E-state index in [-0.39, 0.29) is 0 Å². The van der Waals surface area contributed by atoms with E-state index in [4.69, 9.17) is 10.5 Å². The van der Waals surface area contributed by atoms with E-state index in [0.717, 1.165) is 17.6 Å². The van der Waals surface area contributed by atoms with Crippen LogP contribution in [0.5, 0.6) is 0 Å². The first-order valence-corrected chi connectivity index (χ1v) is 5.13. The van der Waals surface area contributed by atoms with Crippen molar-refractivity contribution < 1.29 is 0 Å². The van der Waals surface area contributed by atoms with Gasteiger partial charge in [-0.1, -0.05) is 42.5 Å². The van der Waals surface area contributed by atoms with Crippen molar-refractivity contribution >= 4 is 0 Å². The Morgan fingerprint density at radius 1 is 1.25 bits per heavy atom. The molecule has 1 aromatic rings. The van der Waals surface area contributed by atoms with E-state index in [2.05, 4.69) is 6.58 Å². The molecule has 0 heterocycles. The molecule has 0 saturated heterocycles. The lowest BCUT2D eigenvalue weighted by atomic mass is 9.85. The van der Waals surface area contributed by atoms with E-state index < -0.39 is 5.41 Å². The SMILES string of the molecule is C=C(Cc1ccccc1)CC(C)(C#N)C#N. The highest BCUT2D eigenvalue weighted by Gasteiger charge is 2.24. The van der Waals surface area contributed by atoms with Gasteiger partial charge in [-0.25, -0.2) is 0 Å². The second kappa shape index (κ2) is 5.14. The van der Waals surface area contributed by atoms with Gasteiger partial charge in [0.25, 0.3) is 0 Å². The van der Waals surface area contributed by atoms with E-state index in [0.29, 0.717) is 6.42 Å². The smallest absolute Gasteiger partial charge is 0.144 e. The number of benzene rings is 1. The summed E-state index contributed by atoms with van der Waals surface area (Å²) in [5, 5.41) is 17.8. The van der Waals surface area contributed by atoms with Crippen molar-refractivity contribution in [2.24, 2.45) is 5.41 Å². The predicted molar refractivity (Wildman–Crippen MR) is 63.2 cm³/mol. The Morgan fingerprint density at radius 2 is 1.81 bits per heavy atom. The molecule has 1 rings (SSSR count). The first-order valence-electron chi connectivity index (χ1n) is 5.13. The molecule has 0 aliphatic carbocycles. The van der Waals surface area contributed by atoms with Gasteiger partial charge in [-0.2, -0.15) is 10.5 Å². The number of hydrogen-bond acceptors (Lipinski definition) is 2. The highest BCUT2D eigenvalue weighted by Crippen LogP contribution is 2.25. The van der Waals surface area contributed by atoms with E-state index >= 15 is 0 Å². The maximum atomic E-state index is 8.89. The number of rotatable bonds is 4. The van der Waals surface area contributed by atoms with Gasteiger partial charge in [0.1, 0.15) is 5.41 Å². The van der Waals surface area contributed by atoms with E-state index in [9.17, 15) is 0 Å². The summed E-state index contributed by atoms with van der Waals surface area (Å²) in [6.07, 6.45) is 1.15. The Morgan fingerprint density at radius 3 is 2.31 bits per heavy atom. The summed E-state index contributed by atoms with van der Waals surface area (Å²) in [5.41, 5.74) is 1.12. The molecular formula is C14H14N2. The van der Waals surface area contributed by atoms with Gasteiger partial charge in [-0.3, -0.25) is 0 Å². The minimum Gasteiger partial charge on any atom is -0.197 e. The average molecular weight is 210 g/mol. The van der Waals surface area contributed by atoms with Crippen LogP contribution in [0.3, 0.4) is 0 Å². The fourth-order valence-electron chi connectivity index (χ4n) is 1.55. The summed E-state index contributed by atoms with van der Waals surface area (Å²) < 4.78 is 0. The number of hydrogen-bond donors (Lipinski definition) is 0. The Balaban J connectivity index is 2.63. The minimum atomic E-state index is -0.953. The molecule has 1 aromatic carbocycles. The van der Waals surface area contributed by atoms with Gasteiger partial charge in [-0.05, 0) is 25.3 Å². The molecule has 80 valence electrons. The average Bonchev–Trinajstić information content (AvgIpc) is 2.30. The quantitative estimate of drug-likeness (QED) is 0.716. The summed E-state index contributed by atoms with van der Waals surface area (Å²) in [7, 11) is 0. The standard InChI is InChI=1S/C14H14N2/c1-12(9-14(2,10-15)11-16)8-13-6-4-3-5-7-13/h3-7H,1,8-9H2,2H3. The third-order valence-electron chi connectivity index (χ3n) is 2.39. The molecule has 2 heteroatoms. The number of allylic oxidation sites excluding steroid dienone is 1. The van der Waals surface area contributed by atoms with Crippen LogP contribution in [0.4, 0.5) is 0 Å². The second-order valence-corrected chi connectivity index (χ2v) is 4.14. The maximum absolute atomic E-state index is 8.89. The largest absolute Gasteiger partial charge is 0.197 e. The van der Waals surface area contributed by atoms with Gasteiger partial charge in [0.2, 0.25) is 0 Å². The van der Waals surface area contributed by atoms with Crippen LogP contribution in [0.2, 0.25) is 0 Å². The molecule has 0 atom stereocenters. The molecule has 0 bridgehead atoms. The third kappa shape index (κ3) is 3.26. The summed E-state index contributed by atoms with van der Waals surface area (Å²) in [4.78, 5) is 0. The lowest BCUT2D eigenvalue weighted by Gasteiger charge is -2.14. The molecule has 0 saturated carbocycles. The van der Waals surface area contributed by atoms with Gasteiger partial charge >= 0.3 is 0 Å². The van der Waals surface area contributed by atoms with Crippen molar-refractivity contribution in [1.29, 1.82) is 10.5 Å². The normalized spacial score (nSPS) is 10.2. The van der Waals surface area contributed by atoms with Gasteiger partial charge in [0, 0.05) is 0 Å². The van der Waals surface area contributed by atoms with Crippen molar-refractivity contribution in [2.45, 2.75) is 19.8 Å². The van der Waals surface area contributed by atoms with Crippen LogP contribution >= 0.6 is 0 Å². The molecule has 0 N–H and O–H groups in total. The monoisotopic (exact) mass is 210 g/mol. The van der Waals surface area contributed by atoms with Crippen LogP contribution in [0.15, 0.2) is 42.5 Å². The van der Waals surface area contributed by atoms with Crippen LogP contribution < -0.4 is 0 Å². The van der Waals surface area contributed by atoms with Crippen LogP contribution in [-0.4, -0.2) is 0 Å². The highest BCUT2D eigenvalue weighted by atomic mass is 14.4. The minimum absolute atomic E-state index is 0.425. The van der Waals surface area contributed by atoms with Gasteiger partial charge in [0.15, 0.2) is 0 Å². The van der Waals surface area contributed by atoms with Crippen molar-refractivity contribution in [3.05, 3.63) is 48.0 Å². The second-order valence-electron chi connectivity index (χ2n) is 4.14. The summed E-state index contributed by atoms with van der Waals surface area (Å²) in [5.74, 6) is 0. The van der Waals surface area contributed by atoms with Crippen LogP contribution in [-0.2, 0) is 6.42 Å². The fraction of sp³-hybridized carbons (Fsp3) is 0.286. The number of nitriles is 2. The van der Waals surface area contributed by atoms with Crippen molar-refractivity contribution in [3.8, 4) is 12.1 Å². The first kappa shape index (κ1) is 12.0. The Kier molecular flexibility index (Phi) is 3.86. The third-order valence-corrected chi connectivity index (χ3v) is 2.39. The number of nitrogens with zero attached hydrogens (tertiary/aromatic N) is 2. The van der Waals surface area contributed by atoms with Crippen LogP contribution in [0.1, 0.15) is 18.9 Å². The van der Waals surface area contributed by atoms with Gasteiger partial charge in [0.05, 0.1) is 12.1 Å². The van der Waals surface area contributed by atoms with E-state index in [1.165, 1.54) is 0 Å². The topological polar surface area (TPSA) is 47.6 Å². The zero-order chi connectivity index (χ0) is 12.0. The summed E-state index contributed by atoms with van der Waals surface area (Å²) in [6, 6.07) is 14.0. The zero-order valence-corrected chi connectivity index (χ0v) is 9.40. The molecule has 0 spiro atoms. The Hall–Kier alpha value is -2.06. The first-order chi connectivity index (χ1) is 7.59. The van der Waals surface area contributed by atoms with Crippen molar-refractivity contribution in [3.63, 3.8) is 0 Å². The van der Waals surface area contributed by atoms with Crippen LogP contribution in [0, 0.1) is 28.1 Å². The Labute approximate surface area is 96.4 Å². The molecular weight excluding hydrogens is 196 g/mol. The molecule has 0 amide bonds. The van der Waals surface area contributed by atoms with E-state index in [1.54, 1.807) is 6.92 Å². The lowest BCUT2D eigenvalue weighted by molar-refractivity contribution is 0.571. The molecule has 0 aliphatic rings. The lowest BCUT2D eigenvalue weighted by Crippen LogP contribution is -2.12. The van der Waals surface area contributed by atoms with E-state index in [1.807, 2.05) is 42.5 Å². The molecule has 0 radical (unpaired) electrons. The van der Waals surface area contributed by atoms with Gasteiger partial charge in [-0.15, -0.1) is 0 Å². The summed E-state index contributed by atoms with van der Waals surface area (Å²) >= 11 is 0. The summed E-state index contributed by atoms with van der Waals surface area (Å²) in [6.45, 7) is 5.57. The predicted octanol–water partition coefficient (Wildman–Crippen LogP) is 3.23. The van der Waals surface area contributed by atoms with Crippen molar-refractivity contribution in [1.82, 2.24) is 0 Å². The molecule has 16 heavy (non-hydrogen) atoms. The van der Waals surface area contributed by atoms with Crippen LogP contribution in [0.25, 0.3) is 0 Å².